The van der Waals surface area contributed by atoms with Gasteiger partial charge in [-0.25, -0.2) is 0 Å². The Morgan fingerprint density at radius 2 is 2.00 bits per heavy atom. The van der Waals surface area contributed by atoms with Gasteiger partial charge in [0.05, 0.1) is 30.6 Å². The number of morpholine rings is 1. The summed E-state index contributed by atoms with van der Waals surface area (Å²) in [5.74, 6) is 1.00. The van der Waals surface area contributed by atoms with Crippen molar-refractivity contribution in [2.24, 2.45) is 7.05 Å². The zero-order valence-corrected chi connectivity index (χ0v) is 16.0. The van der Waals surface area contributed by atoms with Crippen LogP contribution < -0.4 is 10.2 Å². The first kappa shape index (κ1) is 20.6. The van der Waals surface area contributed by atoms with Crippen molar-refractivity contribution in [2.45, 2.75) is 25.7 Å². The third-order valence-corrected chi connectivity index (χ3v) is 4.86. The highest BCUT2D eigenvalue weighted by atomic mass is 19.4. The van der Waals surface area contributed by atoms with Gasteiger partial charge in [-0.05, 0) is 24.6 Å². The number of anilines is 1. The fourth-order valence-corrected chi connectivity index (χ4v) is 3.44. The number of nitrogens with zero attached hydrogens (tertiary/aromatic N) is 3. The molecule has 0 saturated carbocycles. The Morgan fingerprint density at radius 1 is 1.29 bits per heavy atom. The zero-order chi connectivity index (χ0) is 20.3. The number of benzene rings is 1. The number of aryl methyl sites for hydroxylation is 2. The first-order chi connectivity index (χ1) is 13.3. The van der Waals surface area contributed by atoms with E-state index in [1.54, 1.807) is 0 Å². The summed E-state index contributed by atoms with van der Waals surface area (Å²) >= 11 is 0. The first-order valence-electron chi connectivity index (χ1n) is 9.18. The van der Waals surface area contributed by atoms with Crippen molar-refractivity contribution in [3.63, 3.8) is 0 Å². The van der Waals surface area contributed by atoms with Crippen LogP contribution in [-0.2, 0) is 24.5 Å². The third kappa shape index (κ3) is 4.65. The molecule has 1 aromatic heterocycles. The fraction of sp³-hybridized carbons (Fsp3) is 0.526. The molecule has 28 heavy (non-hydrogen) atoms. The molecule has 1 aliphatic heterocycles. The van der Waals surface area contributed by atoms with E-state index in [0.29, 0.717) is 19.8 Å². The lowest BCUT2D eigenvalue weighted by Gasteiger charge is -2.29. The van der Waals surface area contributed by atoms with Crippen LogP contribution in [0.25, 0.3) is 0 Å². The molecule has 3 rings (SSSR count). The van der Waals surface area contributed by atoms with Gasteiger partial charge in [0.1, 0.15) is 5.82 Å². The molecule has 6 nitrogen and oxygen atoms in total. The van der Waals surface area contributed by atoms with Gasteiger partial charge in [-0.2, -0.15) is 18.3 Å². The molecule has 0 bridgehead atoms. The average Bonchev–Trinajstić information content (AvgIpc) is 2.95. The Bertz CT molecular complexity index is 801. The van der Waals surface area contributed by atoms with Crippen molar-refractivity contribution < 1.29 is 23.0 Å². The molecule has 1 aliphatic rings. The monoisotopic (exact) mass is 398 g/mol. The number of hydrogen-bond donors (Lipinski definition) is 2. The van der Waals surface area contributed by atoms with Gasteiger partial charge in [-0.3, -0.25) is 4.68 Å². The van der Waals surface area contributed by atoms with Gasteiger partial charge in [0.2, 0.25) is 0 Å². The second-order valence-electron chi connectivity index (χ2n) is 6.88. The van der Waals surface area contributed by atoms with Crippen LogP contribution in [0.15, 0.2) is 24.3 Å². The molecule has 1 saturated heterocycles. The van der Waals surface area contributed by atoms with Crippen LogP contribution in [-0.4, -0.2) is 47.7 Å². The fourth-order valence-electron chi connectivity index (χ4n) is 3.44. The van der Waals surface area contributed by atoms with Gasteiger partial charge in [0.15, 0.2) is 0 Å². The lowest BCUT2D eigenvalue weighted by atomic mass is 10.1. The molecule has 1 aromatic carbocycles. The number of ether oxygens (including phenoxy) is 1. The normalized spacial score (nSPS) is 16.4. The highest BCUT2D eigenvalue weighted by molar-refractivity contribution is 5.50. The number of aliphatic hydroxyl groups is 1. The van der Waals surface area contributed by atoms with Crippen LogP contribution in [0.4, 0.5) is 19.0 Å². The molecule has 2 heterocycles. The topological polar surface area (TPSA) is 62.5 Å². The Labute approximate surface area is 161 Å². The minimum Gasteiger partial charge on any atom is -0.387 e. The maximum atomic E-state index is 12.9. The van der Waals surface area contributed by atoms with E-state index in [1.807, 2.05) is 18.7 Å². The first-order valence-corrected chi connectivity index (χ1v) is 9.18. The minimum absolute atomic E-state index is 0.137. The number of rotatable bonds is 6. The summed E-state index contributed by atoms with van der Waals surface area (Å²) in [6, 6.07) is 4.79. The SMILES string of the molecule is Cc1nn(C)c(N2CCOCC2)c1CNCC(O)c1cccc(C(F)(F)F)c1. The van der Waals surface area contributed by atoms with E-state index in [-0.39, 0.29) is 12.1 Å². The summed E-state index contributed by atoms with van der Waals surface area (Å²) in [5.41, 5.74) is 1.37. The van der Waals surface area contributed by atoms with Crippen LogP contribution >= 0.6 is 0 Å². The number of nitrogens with one attached hydrogen (secondary N) is 1. The molecular formula is C19H25F3N4O2. The van der Waals surface area contributed by atoms with Gasteiger partial charge >= 0.3 is 6.18 Å². The lowest BCUT2D eigenvalue weighted by Crippen LogP contribution is -2.38. The maximum absolute atomic E-state index is 12.9. The smallest absolute Gasteiger partial charge is 0.387 e. The Balaban J connectivity index is 1.65. The molecule has 154 valence electrons. The minimum atomic E-state index is -4.43. The van der Waals surface area contributed by atoms with Gasteiger partial charge in [-0.15, -0.1) is 0 Å². The molecule has 0 spiro atoms. The van der Waals surface area contributed by atoms with Crippen molar-refractivity contribution in [3.05, 3.63) is 46.6 Å². The van der Waals surface area contributed by atoms with E-state index < -0.39 is 17.8 Å². The molecule has 1 unspecified atom stereocenters. The predicted molar refractivity (Wildman–Crippen MR) is 99.1 cm³/mol. The van der Waals surface area contributed by atoms with E-state index in [0.717, 1.165) is 42.3 Å². The predicted octanol–water partition coefficient (Wildman–Crippen LogP) is 2.41. The van der Waals surface area contributed by atoms with E-state index >= 15 is 0 Å². The third-order valence-electron chi connectivity index (χ3n) is 4.86. The zero-order valence-electron chi connectivity index (χ0n) is 16.0. The van der Waals surface area contributed by atoms with Crippen molar-refractivity contribution in [1.82, 2.24) is 15.1 Å². The quantitative estimate of drug-likeness (QED) is 0.783. The molecule has 1 fully saturated rings. The average molecular weight is 398 g/mol. The van der Waals surface area contributed by atoms with E-state index in [4.69, 9.17) is 4.74 Å². The molecule has 9 heteroatoms. The van der Waals surface area contributed by atoms with Crippen molar-refractivity contribution in [2.75, 3.05) is 37.7 Å². The van der Waals surface area contributed by atoms with Gasteiger partial charge in [-0.1, -0.05) is 12.1 Å². The summed E-state index contributed by atoms with van der Waals surface area (Å²) in [6.45, 7) is 5.39. The number of aromatic nitrogens is 2. The van der Waals surface area contributed by atoms with Crippen molar-refractivity contribution >= 4 is 5.82 Å². The number of alkyl halides is 3. The van der Waals surface area contributed by atoms with Crippen molar-refractivity contribution in [1.29, 1.82) is 0 Å². The number of hydrogen-bond acceptors (Lipinski definition) is 5. The second kappa shape index (κ2) is 8.50. The van der Waals surface area contributed by atoms with Gasteiger partial charge in [0.25, 0.3) is 0 Å². The Hall–Kier alpha value is -2.10. The van der Waals surface area contributed by atoms with E-state index in [2.05, 4.69) is 15.3 Å². The molecule has 2 N–H and O–H groups in total. The van der Waals surface area contributed by atoms with Crippen LogP contribution in [0.5, 0.6) is 0 Å². The standard InChI is InChI=1S/C19H25F3N4O2/c1-13-16(18(25(2)24-13)26-6-8-28-9-7-26)11-23-12-17(27)14-4-3-5-15(10-14)19(20,21)22/h3-5,10,17,23,27H,6-9,11-12H2,1-2H3. The van der Waals surface area contributed by atoms with Crippen LogP contribution in [0.1, 0.15) is 28.5 Å². The Kier molecular flexibility index (Phi) is 6.26. The molecule has 0 radical (unpaired) electrons. The van der Waals surface area contributed by atoms with E-state index in [9.17, 15) is 18.3 Å². The molecular weight excluding hydrogens is 373 g/mol. The van der Waals surface area contributed by atoms with Crippen LogP contribution in [0.3, 0.4) is 0 Å². The van der Waals surface area contributed by atoms with Crippen LogP contribution in [0.2, 0.25) is 0 Å². The largest absolute Gasteiger partial charge is 0.416 e. The summed E-state index contributed by atoms with van der Waals surface area (Å²) in [4.78, 5) is 2.21. The van der Waals surface area contributed by atoms with Gasteiger partial charge in [0, 0.05) is 38.8 Å². The second-order valence-corrected chi connectivity index (χ2v) is 6.88. The number of aliphatic hydroxyl groups excluding tert-OH is 1. The number of halogens is 3. The highest BCUT2D eigenvalue weighted by Gasteiger charge is 2.30. The maximum Gasteiger partial charge on any atom is 0.416 e. The lowest BCUT2D eigenvalue weighted by molar-refractivity contribution is -0.137. The van der Waals surface area contributed by atoms with Gasteiger partial charge < -0.3 is 20.1 Å². The Morgan fingerprint density at radius 3 is 2.68 bits per heavy atom. The summed E-state index contributed by atoms with van der Waals surface area (Å²) in [5, 5.41) is 17.9. The highest BCUT2D eigenvalue weighted by Crippen LogP contribution is 2.31. The summed E-state index contributed by atoms with van der Waals surface area (Å²) in [7, 11) is 1.89. The van der Waals surface area contributed by atoms with E-state index in [1.165, 1.54) is 12.1 Å². The molecule has 1 atom stereocenters. The molecule has 2 aromatic rings. The summed E-state index contributed by atoms with van der Waals surface area (Å²) < 4.78 is 45.8. The van der Waals surface area contributed by atoms with Crippen molar-refractivity contribution in [3.8, 4) is 0 Å². The molecule has 0 amide bonds. The van der Waals surface area contributed by atoms with Crippen LogP contribution in [0, 0.1) is 6.92 Å². The molecule has 0 aliphatic carbocycles. The summed E-state index contributed by atoms with van der Waals surface area (Å²) in [6.07, 6.45) is -5.46.